The number of nitrogens with zero attached hydrogens (tertiary/aromatic N) is 4. The average Bonchev–Trinajstić information content (AvgIpc) is 3.82. The van der Waals surface area contributed by atoms with Crippen LogP contribution in [-0.2, 0) is 20.3 Å². The molecule has 4 saturated heterocycles. The summed E-state index contributed by atoms with van der Waals surface area (Å²) < 4.78 is 11.9. The largest absolute Gasteiger partial charge is 0.378 e. The third kappa shape index (κ3) is 4.38. The van der Waals surface area contributed by atoms with Crippen LogP contribution in [0.1, 0.15) is 37.3 Å². The van der Waals surface area contributed by atoms with Crippen LogP contribution in [0.2, 0.25) is 0 Å². The maximum Gasteiger partial charge on any atom is 0.0763 e. The number of fused-ring (bicyclic) bond motifs is 2. The Morgan fingerprint density at radius 2 is 1.50 bits per heavy atom. The number of ether oxygens (including phenoxy) is 2. The molecule has 0 spiro atoms. The molecule has 4 aliphatic heterocycles. The molecule has 2 aromatic carbocycles. The lowest BCUT2D eigenvalue weighted by Gasteiger charge is -2.37. The molecule has 214 valence electrons. The van der Waals surface area contributed by atoms with Gasteiger partial charge in [-0.3, -0.25) is 0 Å². The summed E-state index contributed by atoms with van der Waals surface area (Å²) in [5.41, 5.74) is 6.81. The molecule has 2 aliphatic carbocycles. The van der Waals surface area contributed by atoms with Crippen molar-refractivity contribution >= 4 is 11.4 Å². The summed E-state index contributed by atoms with van der Waals surface area (Å²) in [6.07, 6.45) is 4.20. The predicted octanol–water partition coefficient (Wildman–Crippen LogP) is 3.99. The van der Waals surface area contributed by atoms with Crippen molar-refractivity contribution in [2.75, 3.05) is 95.1 Å². The molecule has 0 N–H and O–H groups in total. The van der Waals surface area contributed by atoms with E-state index >= 15 is 0 Å². The fraction of sp³-hybridized carbons (Fsp3) is 0.647. The first-order valence-corrected chi connectivity index (χ1v) is 16.0. The van der Waals surface area contributed by atoms with E-state index in [0.29, 0.717) is 16.9 Å². The second kappa shape index (κ2) is 10.0. The molecule has 2 saturated carbocycles. The van der Waals surface area contributed by atoms with E-state index in [-0.39, 0.29) is 0 Å². The molecule has 6 nitrogen and oxygen atoms in total. The number of rotatable bonds is 8. The molecule has 6 fully saturated rings. The topological polar surface area (TPSA) is 31.4 Å². The summed E-state index contributed by atoms with van der Waals surface area (Å²) in [5.74, 6) is 1.69. The Bertz CT molecular complexity index is 1210. The minimum Gasteiger partial charge on any atom is -0.378 e. The number of benzene rings is 2. The van der Waals surface area contributed by atoms with E-state index in [2.05, 4.69) is 75.1 Å². The van der Waals surface area contributed by atoms with E-state index in [0.717, 1.165) is 70.8 Å². The van der Waals surface area contributed by atoms with Gasteiger partial charge in [-0.15, -0.1) is 0 Å². The first-order chi connectivity index (χ1) is 19.7. The highest BCUT2D eigenvalue weighted by molar-refractivity contribution is 5.60. The molecule has 5 atom stereocenters. The number of likely N-dealkylation sites (N-methyl/N-ethyl adjacent to an activating group) is 1. The standard InChI is InChI=1S/C34H46N4O2/c1-2-35-21-28-20-34(28,25-35)31-5-3-4-6-32(31)38-15-18-40-30(23-38)11-12-36-22-27-19-33(27,24-36)26-7-9-29(10-8-26)37-13-16-39-17-14-37/h3-10,27-28,30H,2,11-25H2,1H3. The highest BCUT2D eigenvalue weighted by Gasteiger charge is 2.61. The highest BCUT2D eigenvalue weighted by atomic mass is 16.5. The van der Waals surface area contributed by atoms with Crippen LogP contribution in [0.5, 0.6) is 0 Å². The van der Waals surface area contributed by atoms with Gasteiger partial charge in [0.15, 0.2) is 0 Å². The molecular formula is C34H46N4O2. The second-order valence-electron chi connectivity index (χ2n) is 13.6. The normalized spacial score (nSPS) is 35.6. The number of anilines is 2. The summed E-state index contributed by atoms with van der Waals surface area (Å²) >= 11 is 0. The zero-order valence-electron chi connectivity index (χ0n) is 24.3. The van der Waals surface area contributed by atoms with E-state index < -0.39 is 0 Å². The molecule has 6 aliphatic rings. The predicted molar refractivity (Wildman–Crippen MR) is 161 cm³/mol. The Hall–Kier alpha value is -2.12. The van der Waals surface area contributed by atoms with Gasteiger partial charge in [-0.1, -0.05) is 37.3 Å². The smallest absolute Gasteiger partial charge is 0.0763 e. The number of para-hydroxylation sites is 1. The van der Waals surface area contributed by atoms with Crippen LogP contribution < -0.4 is 9.80 Å². The van der Waals surface area contributed by atoms with Gasteiger partial charge < -0.3 is 29.1 Å². The zero-order valence-corrected chi connectivity index (χ0v) is 24.3. The molecule has 0 bridgehead atoms. The molecule has 6 heteroatoms. The molecule has 4 heterocycles. The molecule has 8 rings (SSSR count). The fourth-order valence-electron chi connectivity index (χ4n) is 8.88. The summed E-state index contributed by atoms with van der Waals surface area (Å²) in [4.78, 5) is 10.5. The number of piperidine rings is 2. The van der Waals surface area contributed by atoms with Gasteiger partial charge in [0, 0.05) is 81.1 Å². The average molecular weight is 543 g/mol. The maximum absolute atomic E-state index is 6.35. The Morgan fingerprint density at radius 1 is 0.775 bits per heavy atom. The summed E-state index contributed by atoms with van der Waals surface area (Å²) in [6, 6.07) is 18.9. The van der Waals surface area contributed by atoms with Crippen LogP contribution in [0, 0.1) is 11.8 Å². The van der Waals surface area contributed by atoms with Gasteiger partial charge in [-0.2, -0.15) is 0 Å². The lowest BCUT2D eigenvalue weighted by molar-refractivity contribution is 0.0290. The molecule has 40 heavy (non-hydrogen) atoms. The van der Waals surface area contributed by atoms with Crippen LogP contribution in [0.4, 0.5) is 11.4 Å². The van der Waals surface area contributed by atoms with Crippen LogP contribution in [0.15, 0.2) is 48.5 Å². The van der Waals surface area contributed by atoms with E-state index in [1.54, 1.807) is 11.1 Å². The molecule has 5 unspecified atom stereocenters. The fourth-order valence-corrected chi connectivity index (χ4v) is 8.88. The van der Waals surface area contributed by atoms with E-state index in [9.17, 15) is 0 Å². The van der Waals surface area contributed by atoms with Crippen molar-refractivity contribution in [3.8, 4) is 0 Å². The van der Waals surface area contributed by atoms with Gasteiger partial charge in [0.2, 0.25) is 0 Å². The number of hydrogen-bond acceptors (Lipinski definition) is 6. The van der Waals surface area contributed by atoms with Crippen molar-refractivity contribution in [1.29, 1.82) is 0 Å². The monoisotopic (exact) mass is 542 g/mol. The molecule has 0 amide bonds. The Morgan fingerprint density at radius 3 is 2.33 bits per heavy atom. The first kappa shape index (κ1) is 25.6. The van der Waals surface area contributed by atoms with Gasteiger partial charge in [-0.25, -0.2) is 0 Å². The molecule has 0 radical (unpaired) electrons. The van der Waals surface area contributed by atoms with Gasteiger partial charge in [0.1, 0.15) is 0 Å². The van der Waals surface area contributed by atoms with Crippen LogP contribution in [0.25, 0.3) is 0 Å². The summed E-state index contributed by atoms with van der Waals surface area (Å²) in [6.45, 7) is 16.2. The lowest BCUT2D eigenvalue weighted by atomic mass is 9.92. The highest BCUT2D eigenvalue weighted by Crippen LogP contribution is 2.61. The number of morpholine rings is 2. The number of hydrogen-bond donors (Lipinski definition) is 0. The van der Waals surface area contributed by atoms with E-state index in [4.69, 9.17) is 9.47 Å². The third-order valence-corrected chi connectivity index (χ3v) is 11.4. The molecule has 2 aromatic rings. The SMILES string of the molecule is CCN1CC2CC2(c2ccccc2N2CCOC(CCN3CC4CC4(c4ccc(N5CCOCC5)cc4)C3)C2)C1. The first-order valence-electron chi connectivity index (χ1n) is 16.0. The minimum atomic E-state index is 0.325. The quantitative estimate of drug-likeness (QED) is 0.502. The second-order valence-corrected chi connectivity index (χ2v) is 13.6. The number of likely N-dealkylation sites (tertiary alicyclic amines) is 2. The molecule has 0 aromatic heterocycles. The summed E-state index contributed by atoms with van der Waals surface area (Å²) in [7, 11) is 0. The third-order valence-electron chi connectivity index (χ3n) is 11.4. The Labute approximate surface area is 240 Å². The maximum atomic E-state index is 6.35. The van der Waals surface area contributed by atoms with Crippen molar-refractivity contribution in [2.45, 2.75) is 43.1 Å². The van der Waals surface area contributed by atoms with Gasteiger partial charge in [0.25, 0.3) is 0 Å². The van der Waals surface area contributed by atoms with Crippen LogP contribution in [0.3, 0.4) is 0 Å². The zero-order chi connectivity index (χ0) is 26.7. The Kier molecular flexibility index (Phi) is 6.40. The van der Waals surface area contributed by atoms with Gasteiger partial charge in [-0.05, 0) is 67.0 Å². The van der Waals surface area contributed by atoms with Crippen molar-refractivity contribution in [3.05, 3.63) is 59.7 Å². The Balaban J connectivity index is 0.882. The van der Waals surface area contributed by atoms with E-state index in [1.807, 2.05) is 0 Å². The minimum absolute atomic E-state index is 0.325. The van der Waals surface area contributed by atoms with Crippen LogP contribution >= 0.6 is 0 Å². The van der Waals surface area contributed by atoms with Crippen molar-refractivity contribution in [1.82, 2.24) is 9.80 Å². The van der Waals surface area contributed by atoms with Crippen LogP contribution in [-0.4, -0.2) is 101 Å². The van der Waals surface area contributed by atoms with Crippen molar-refractivity contribution in [2.24, 2.45) is 11.8 Å². The van der Waals surface area contributed by atoms with Crippen molar-refractivity contribution < 1.29 is 9.47 Å². The van der Waals surface area contributed by atoms with Crippen molar-refractivity contribution in [3.63, 3.8) is 0 Å². The molecular weight excluding hydrogens is 496 g/mol. The lowest BCUT2D eigenvalue weighted by Crippen LogP contribution is -2.44. The van der Waals surface area contributed by atoms with Gasteiger partial charge >= 0.3 is 0 Å². The summed E-state index contributed by atoms with van der Waals surface area (Å²) in [5, 5.41) is 0. The van der Waals surface area contributed by atoms with E-state index in [1.165, 1.54) is 56.9 Å². The van der Waals surface area contributed by atoms with Gasteiger partial charge in [0.05, 0.1) is 25.9 Å².